The van der Waals surface area contributed by atoms with E-state index in [0.29, 0.717) is 17.2 Å². The van der Waals surface area contributed by atoms with E-state index < -0.39 is 6.04 Å². The molecule has 0 fully saturated rings. The Balaban J connectivity index is 1.74. The molecule has 0 bridgehead atoms. The first-order valence-electron chi connectivity index (χ1n) is 10.4. The van der Waals surface area contributed by atoms with Gasteiger partial charge in [-0.15, -0.1) is 0 Å². The van der Waals surface area contributed by atoms with Crippen molar-refractivity contribution < 1.29 is 9.53 Å². The topological polar surface area (TPSA) is 50.7 Å². The number of thioether (sulfide) groups is 1. The number of carbonyl (C=O) groups excluding carboxylic acids is 1. The normalized spacial score (nSPS) is 15.7. The third-order valence-electron chi connectivity index (χ3n) is 4.98. The summed E-state index contributed by atoms with van der Waals surface area (Å²) < 4.78 is 5.44. The molecule has 3 aromatic carbocycles. The molecular weight excluding hydrogens is 440 g/mol. The maximum atomic E-state index is 13.1. The van der Waals surface area contributed by atoms with E-state index in [0.717, 1.165) is 33.3 Å². The van der Waals surface area contributed by atoms with E-state index in [1.165, 1.54) is 0 Å². The van der Waals surface area contributed by atoms with E-state index in [2.05, 4.69) is 5.32 Å². The van der Waals surface area contributed by atoms with E-state index >= 15 is 0 Å². The minimum atomic E-state index is -0.459. The first-order valence-corrected chi connectivity index (χ1v) is 11.8. The lowest BCUT2D eigenvalue weighted by Gasteiger charge is -2.27. The summed E-state index contributed by atoms with van der Waals surface area (Å²) in [4.78, 5) is 18.0. The predicted octanol–water partition coefficient (Wildman–Crippen LogP) is 6.25. The lowest BCUT2D eigenvalue weighted by Crippen LogP contribution is -2.31. The molecule has 1 heterocycles. The Morgan fingerprint density at radius 1 is 1.00 bits per heavy atom. The fraction of sp³-hybridized carbons (Fsp3) is 0.154. The van der Waals surface area contributed by atoms with Gasteiger partial charge in [0.1, 0.15) is 6.04 Å². The Hall–Kier alpha value is -3.02. The average Bonchev–Trinajstić information content (AvgIpc) is 2.84. The van der Waals surface area contributed by atoms with Crippen LogP contribution in [0.4, 0.5) is 0 Å². The highest BCUT2D eigenvalue weighted by Crippen LogP contribution is 2.36. The van der Waals surface area contributed by atoms with Crippen LogP contribution in [-0.4, -0.2) is 17.7 Å². The standard InChI is InChI=1S/C26H23ClN2O2S/c1-2-31-25(30)22-23(19-9-5-3-6-10-19)28-26(29-24(22)20-11-7-4-8-12-20)32-17-18-13-15-21(27)16-14-18/h3-16,23H,2,17H2,1H3,(H,28,29)/t23-/m1/s1. The van der Waals surface area contributed by atoms with Crippen molar-refractivity contribution in [2.45, 2.75) is 18.7 Å². The quantitative estimate of drug-likeness (QED) is 0.440. The van der Waals surface area contributed by atoms with Gasteiger partial charge < -0.3 is 10.1 Å². The molecule has 0 spiro atoms. The second kappa shape index (κ2) is 10.5. The molecule has 0 saturated heterocycles. The molecule has 162 valence electrons. The molecule has 0 radical (unpaired) electrons. The van der Waals surface area contributed by atoms with Gasteiger partial charge in [0.15, 0.2) is 5.17 Å². The highest BCUT2D eigenvalue weighted by Gasteiger charge is 2.32. The Morgan fingerprint density at radius 2 is 1.66 bits per heavy atom. The first-order chi connectivity index (χ1) is 15.7. The molecule has 3 aromatic rings. The van der Waals surface area contributed by atoms with Crippen LogP contribution in [0.3, 0.4) is 0 Å². The van der Waals surface area contributed by atoms with Crippen LogP contribution in [0.15, 0.2) is 95.5 Å². The third-order valence-corrected chi connectivity index (χ3v) is 6.19. The second-order valence-electron chi connectivity index (χ2n) is 7.16. The number of benzene rings is 3. The number of esters is 1. The molecular formula is C26H23ClN2O2S. The maximum Gasteiger partial charge on any atom is 0.338 e. The van der Waals surface area contributed by atoms with Gasteiger partial charge in [-0.1, -0.05) is 96.2 Å². The van der Waals surface area contributed by atoms with Gasteiger partial charge in [0.25, 0.3) is 0 Å². The zero-order valence-electron chi connectivity index (χ0n) is 17.6. The number of hydrogen-bond acceptors (Lipinski definition) is 5. The first kappa shape index (κ1) is 22.2. The molecule has 0 unspecified atom stereocenters. The number of halogens is 1. The molecule has 0 aliphatic carbocycles. The molecule has 0 amide bonds. The average molecular weight is 463 g/mol. The molecule has 1 atom stereocenters. The fourth-order valence-corrected chi connectivity index (χ4v) is 4.44. The number of nitrogens with one attached hydrogen (secondary N) is 1. The van der Waals surface area contributed by atoms with Gasteiger partial charge in [0.05, 0.1) is 17.9 Å². The summed E-state index contributed by atoms with van der Waals surface area (Å²) in [5.74, 6) is 0.361. The number of carbonyl (C=O) groups is 1. The SMILES string of the molecule is CCOC(=O)C1=C(c2ccccc2)NC(SCc2ccc(Cl)cc2)=N[C@@H]1c1ccccc1. The molecule has 0 saturated carbocycles. The van der Waals surface area contributed by atoms with Gasteiger partial charge in [-0.05, 0) is 35.7 Å². The van der Waals surface area contributed by atoms with Crippen molar-refractivity contribution in [2.24, 2.45) is 4.99 Å². The monoisotopic (exact) mass is 462 g/mol. The Labute approximate surface area is 197 Å². The van der Waals surface area contributed by atoms with Crippen LogP contribution in [-0.2, 0) is 15.3 Å². The number of amidine groups is 1. The lowest BCUT2D eigenvalue weighted by atomic mass is 9.94. The molecule has 1 aliphatic rings. The number of hydrogen-bond donors (Lipinski definition) is 1. The molecule has 0 aromatic heterocycles. The molecule has 6 heteroatoms. The van der Waals surface area contributed by atoms with Gasteiger partial charge in [-0.3, -0.25) is 0 Å². The van der Waals surface area contributed by atoms with E-state index in [1.807, 2.05) is 91.9 Å². The van der Waals surface area contributed by atoms with Crippen LogP contribution in [0.1, 0.15) is 29.7 Å². The third kappa shape index (κ3) is 5.23. The number of ether oxygens (including phenoxy) is 1. The molecule has 4 rings (SSSR count). The van der Waals surface area contributed by atoms with Crippen molar-refractivity contribution in [3.63, 3.8) is 0 Å². The molecule has 32 heavy (non-hydrogen) atoms. The van der Waals surface area contributed by atoms with Gasteiger partial charge >= 0.3 is 5.97 Å². The molecule has 1 N–H and O–H groups in total. The van der Waals surface area contributed by atoms with E-state index in [9.17, 15) is 4.79 Å². The van der Waals surface area contributed by atoms with Crippen LogP contribution in [0.5, 0.6) is 0 Å². The van der Waals surface area contributed by atoms with E-state index in [4.69, 9.17) is 21.3 Å². The Morgan fingerprint density at radius 3 is 2.31 bits per heavy atom. The highest BCUT2D eigenvalue weighted by atomic mass is 35.5. The largest absolute Gasteiger partial charge is 0.463 e. The summed E-state index contributed by atoms with van der Waals surface area (Å²) in [5, 5.41) is 4.87. The van der Waals surface area contributed by atoms with Gasteiger partial charge in [0.2, 0.25) is 0 Å². The van der Waals surface area contributed by atoms with Crippen molar-refractivity contribution in [3.05, 3.63) is 112 Å². The molecule has 1 aliphatic heterocycles. The Bertz CT molecular complexity index is 1130. The number of nitrogens with zero attached hydrogens (tertiary/aromatic N) is 1. The van der Waals surface area contributed by atoms with Crippen LogP contribution in [0.2, 0.25) is 5.02 Å². The molecule has 4 nitrogen and oxygen atoms in total. The van der Waals surface area contributed by atoms with Crippen molar-refractivity contribution in [3.8, 4) is 0 Å². The van der Waals surface area contributed by atoms with Crippen LogP contribution < -0.4 is 5.32 Å². The smallest absolute Gasteiger partial charge is 0.338 e. The minimum absolute atomic E-state index is 0.299. The summed E-state index contributed by atoms with van der Waals surface area (Å²) in [6, 6.07) is 27.0. The van der Waals surface area contributed by atoms with Crippen molar-refractivity contribution in [1.29, 1.82) is 0 Å². The number of rotatable bonds is 6. The predicted molar refractivity (Wildman–Crippen MR) is 132 cm³/mol. The van der Waals surface area contributed by atoms with Crippen LogP contribution >= 0.6 is 23.4 Å². The number of aliphatic imine (C=N–C) groups is 1. The summed E-state index contributed by atoms with van der Waals surface area (Å²) in [7, 11) is 0. The Kier molecular flexibility index (Phi) is 7.30. The van der Waals surface area contributed by atoms with Gasteiger partial charge in [-0.2, -0.15) is 0 Å². The highest BCUT2D eigenvalue weighted by molar-refractivity contribution is 8.13. The fourth-order valence-electron chi connectivity index (χ4n) is 3.46. The van der Waals surface area contributed by atoms with Crippen LogP contribution in [0.25, 0.3) is 5.70 Å². The van der Waals surface area contributed by atoms with Gasteiger partial charge in [0, 0.05) is 10.8 Å². The van der Waals surface area contributed by atoms with E-state index in [1.54, 1.807) is 11.8 Å². The summed E-state index contributed by atoms with van der Waals surface area (Å²) in [5.41, 5.74) is 4.24. The summed E-state index contributed by atoms with van der Waals surface area (Å²) in [6.07, 6.45) is 0. The minimum Gasteiger partial charge on any atom is -0.463 e. The van der Waals surface area contributed by atoms with E-state index in [-0.39, 0.29) is 5.97 Å². The van der Waals surface area contributed by atoms with Crippen molar-refractivity contribution in [1.82, 2.24) is 5.32 Å². The zero-order valence-corrected chi connectivity index (χ0v) is 19.2. The van der Waals surface area contributed by atoms with Crippen molar-refractivity contribution in [2.75, 3.05) is 6.61 Å². The lowest BCUT2D eigenvalue weighted by molar-refractivity contribution is -0.138. The zero-order chi connectivity index (χ0) is 22.3. The summed E-state index contributed by atoms with van der Waals surface area (Å²) >= 11 is 7.60. The van der Waals surface area contributed by atoms with Crippen LogP contribution in [0, 0.1) is 0 Å². The summed E-state index contributed by atoms with van der Waals surface area (Å²) in [6.45, 7) is 2.11. The van der Waals surface area contributed by atoms with Crippen molar-refractivity contribution >= 4 is 40.2 Å². The van der Waals surface area contributed by atoms with Gasteiger partial charge in [-0.25, -0.2) is 9.79 Å². The second-order valence-corrected chi connectivity index (χ2v) is 8.56. The maximum absolute atomic E-state index is 13.1.